The van der Waals surface area contributed by atoms with Crippen LogP contribution < -0.4 is 9.47 Å². The van der Waals surface area contributed by atoms with Crippen molar-refractivity contribution >= 4 is 27.7 Å². The predicted molar refractivity (Wildman–Crippen MR) is 92.6 cm³/mol. The Bertz CT molecular complexity index is 774. The summed E-state index contributed by atoms with van der Waals surface area (Å²) in [6, 6.07) is 8.38. The van der Waals surface area contributed by atoms with Gasteiger partial charge in [0, 0.05) is 10.0 Å². The predicted octanol–water partition coefficient (Wildman–Crippen LogP) is 3.57. The molecule has 0 unspecified atom stereocenters. The molecule has 2 aromatic rings. The minimum absolute atomic E-state index is 0.0440. The van der Waals surface area contributed by atoms with Crippen molar-refractivity contribution in [2.45, 2.75) is 6.42 Å². The lowest BCUT2D eigenvalue weighted by molar-refractivity contribution is -0.141. The van der Waals surface area contributed by atoms with Crippen LogP contribution in [0.1, 0.15) is 15.9 Å². The monoisotopic (exact) mass is 410 g/mol. The van der Waals surface area contributed by atoms with E-state index in [1.54, 1.807) is 12.1 Å². The third kappa shape index (κ3) is 5.03. The number of halogens is 2. The lowest BCUT2D eigenvalue weighted by Crippen LogP contribution is -2.16. The summed E-state index contributed by atoms with van der Waals surface area (Å²) in [7, 11) is 3.01. The molecular weight excluding hydrogens is 395 g/mol. The number of hydrogen-bond acceptors (Lipinski definition) is 5. The Morgan fingerprint density at radius 3 is 2.24 bits per heavy atom. The quantitative estimate of drug-likeness (QED) is 0.515. The molecule has 0 N–H and O–H groups in total. The normalized spacial score (nSPS) is 10.2. The van der Waals surface area contributed by atoms with E-state index in [2.05, 4.69) is 15.9 Å². The SMILES string of the molecule is COc1cc(Br)c(CC(=O)OCC(=O)c2ccc(F)cc2)cc1OC. The van der Waals surface area contributed by atoms with Crippen LogP contribution in [-0.2, 0) is 16.0 Å². The average Bonchev–Trinajstić information content (AvgIpc) is 2.61. The minimum atomic E-state index is -0.566. The molecule has 0 aromatic heterocycles. The van der Waals surface area contributed by atoms with Gasteiger partial charge in [0.15, 0.2) is 23.9 Å². The first-order chi connectivity index (χ1) is 11.9. The first kappa shape index (κ1) is 18.9. The molecule has 2 rings (SSSR count). The number of ketones is 1. The molecule has 5 nitrogen and oxygen atoms in total. The van der Waals surface area contributed by atoms with Crippen LogP contribution >= 0.6 is 15.9 Å². The highest BCUT2D eigenvalue weighted by atomic mass is 79.9. The van der Waals surface area contributed by atoms with Crippen molar-refractivity contribution in [1.82, 2.24) is 0 Å². The fourth-order valence-electron chi connectivity index (χ4n) is 2.10. The largest absolute Gasteiger partial charge is 0.493 e. The third-order valence-corrected chi connectivity index (χ3v) is 4.16. The first-order valence-electron chi connectivity index (χ1n) is 7.29. The molecule has 0 bridgehead atoms. The summed E-state index contributed by atoms with van der Waals surface area (Å²) in [5, 5.41) is 0. The molecule has 0 fully saturated rings. The fourth-order valence-corrected chi connectivity index (χ4v) is 2.57. The van der Waals surface area contributed by atoms with E-state index in [1.807, 2.05) is 0 Å². The Hall–Kier alpha value is -2.41. The van der Waals surface area contributed by atoms with Crippen molar-refractivity contribution < 1.29 is 28.2 Å². The van der Waals surface area contributed by atoms with Gasteiger partial charge in [0.05, 0.1) is 20.6 Å². The Morgan fingerprint density at radius 2 is 1.64 bits per heavy atom. The molecule has 7 heteroatoms. The van der Waals surface area contributed by atoms with E-state index in [0.29, 0.717) is 21.5 Å². The Kier molecular flexibility index (Phi) is 6.52. The van der Waals surface area contributed by atoms with Gasteiger partial charge in [0.2, 0.25) is 0 Å². The van der Waals surface area contributed by atoms with E-state index in [4.69, 9.17) is 14.2 Å². The zero-order chi connectivity index (χ0) is 18.4. The average molecular weight is 411 g/mol. The molecule has 0 atom stereocenters. The van der Waals surface area contributed by atoms with E-state index >= 15 is 0 Å². The highest BCUT2D eigenvalue weighted by Gasteiger charge is 2.15. The second-order valence-electron chi connectivity index (χ2n) is 5.07. The van der Waals surface area contributed by atoms with Crippen molar-refractivity contribution in [1.29, 1.82) is 0 Å². The van der Waals surface area contributed by atoms with Crippen molar-refractivity contribution in [2.24, 2.45) is 0 Å². The number of carbonyl (C=O) groups is 2. The van der Waals surface area contributed by atoms with Crippen LogP contribution in [0, 0.1) is 5.82 Å². The zero-order valence-corrected chi connectivity index (χ0v) is 15.3. The molecule has 0 amide bonds. The molecule has 0 aliphatic heterocycles. The number of methoxy groups -OCH3 is 2. The lowest BCUT2D eigenvalue weighted by atomic mass is 10.1. The van der Waals surface area contributed by atoms with Crippen LogP contribution in [0.5, 0.6) is 11.5 Å². The molecule has 132 valence electrons. The van der Waals surface area contributed by atoms with Gasteiger partial charge in [-0.3, -0.25) is 9.59 Å². The van der Waals surface area contributed by atoms with E-state index in [1.165, 1.54) is 38.5 Å². The van der Waals surface area contributed by atoms with Crippen LogP contribution in [0.25, 0.3) is 0 Å². The van der Waals surface area contributed by atoms with Crippen molar-refractivity contribution in [3.05, 3.63) is 57.8 Å². The molecule has 0 saturated carbocycles. The van der Waals surface area contributed by atoms with Crippen molar-refractivity contribution in [2.75, 3.05) is 20.8 Å². The van der Waals surface area contributed by atoms with Gasteiger partial charge in [-0.1, -0.05) is 15.9 Å². The van der Waals surface area contributed by atoms with Crippen LogP contribution in [-0.4, -0.2) is 32.6 Å². The molecule has 0 saturated heterocycles. The highest BCUT2D eigenvalue weighted by Crippen LogP contribution is 2.33. The maximum atomic E-state index is 12.8. The second kappa shape index (κ2) is 8.62. The van der Waals surface area contributed by atoms with Gasteiger partial charge in [-0.2, -0.15) is 0 Å². The number of benzene rings is 2. The Morgan fingerprint density at radius 1 is 1.04 bits per heavy atom. The first-order valence-corrected chi connectivity index (χ1v) is 8.08. The molecular formula is C18H16BrFO5. The molecule has 0 aliphatic rings. The summed E-state index contributed by atoms with van der Waals surface area (Å²) in [6.45, 7) is -0.407. The van der Waals surface area contributed by atoms with Crippen molar-refractivity contribution in [3.63, 3.8) is 0 Å². The van der Waals surface area contributed by atoms with E-state index in [-0.39, 0.29) is 12.0 Å². The lowest BCUT2D eigenvalue weighted by Gasteiger charge is -2.11. The number of hydrogen-bond donors (Lipinski definition) is 0. The summed E-state index contributed by atoms with van der Waals surface area (Å²) >= 11 is 3.36. The zero-order valence-electron chi connectivity index (χ0n) is 13.7. The summed E-state index contributed by atoms with van der Waals surface area (Å²) in [5.41, 5.74) is 0.915. The standard InChI is InChI=1S/C18H16BrFO5/c1-23-16-7-12(14(19)9-17(16)24-2)8-18(22)25-10-15(21)11-3-5-13(20)6-4-11/h3-7,9H,8,10H2,1-2H3. The molecule has 2 aromatic carbocycles. The number of carbonyl (C=O) groups excluding carboxylic acids is 2. The smallest absolute Gasteiger partial charge is 0.310 e. The summed E-state index contributed by atoms with van der Waals surface area (Å²) in [4.78, 5) is 23.9. The van der Waals surface area contributed by atoms with Gasteiger partial charge in [-0.05, 0) is 42.0 Å². The van der Waals surface area contributed by atoms with Crippen molar-refractivity contribution in [3.8, 4) is 11.5 Å². The fraction of sp³-hybridized carbons (Fsp3) is 0.222. The molecule has 0 radical (unpaired) electrons. The van der Waals surface area contributed by atoms with Gasteiger partial charge in [0.25, 0.3) is 0 Å². The number of esters is 1. The van der Waals surface area contributed by atoms with Crippen LogP contribution in [0.15, 0.2) is 40.9 Å². The maximum Gasteiger partial charge on any atom is 0.310 e. The number of Topliss-reactive ketones (excluding diaryl/α,β-unsaturated/α-hetero) is 1. The van der Waals surface area contributed by atoms with Gasteiger partial charge in [-0.25, -0.2) is 4.39 Å². The summed E-state index contributed by atoms with van der Waals surface area (Å²) in [5.74, 6) is -0.399. The van der Waals surface area contributed by atoms with Gasteiger partial charge < -0.3 is 14.2 Å². The van der Waals surface area contributed by atoms with E-state index in [0.717, 1.165) is 0 Å². The number of ether oxygens (including phenoxy) is 3. The van der Waals surface area contributed by atoms with Crippen LogP contribution in [0.3, 0.4) is 0 Å². The third-order valence-electron chi connectivity index (χ3n) is 3.42. The number of rotatable bonds is 7. The second-order valence-corrected chi connectivity index (χ2v) is 5.92. The Balaban J connectivity index is 1.98. The molecule has 0 aliphatic carbocycles. The molecule has 0 spiro atoms. The van der Waals surface area contributed by atoms with E-state index in [9.17, 15) is 14.0 Å². The van der Waals surface area contributed by atoms with Crippen LogP contribution in [0.4, 0.5) is 4.39 Å². The topological polar surface area (TPSA) is 61.8 Å². The maximum absolute atomic E-state index is 12.8. The van der Waals surface area contributed by atoms with E-state index < -0.39 is 24.2 Å². The summed E-state index contributed by atoms with van der Waals surface area (Å²) < 4.78 is 28.9. The van der Waals surface area contributed by atoms with Gasteiger partial charge in [0.1, 0.15) is 5.82 Å². The van der Waals surface area contributed by atoms with Gasteiger partial charge >= 0.3 is 5.97 Å². The molecule has 0 heterocycles. The minimum Gasteiger partial charge on any atom is -0.493 e. The highest BCUT2D eigenvalue weighted by molar-refractivity contribution is 9.10. The Labute approximate surface area is 152 Å². The summed E-state index contributed by atoms with van der Waals surface area (Å²) in [6.07, 6.45) is -0.0440. The van der Waals surface area contributed by atoms with Gasteiger partial charge in [-0.15, -0.1) is 0 Å². The van der Waals surface area contributed by atoms with Crippen LogP contribution in [0.2, 0.25) is 0 Å². The molecule has 25 heavy (non-hydrogen) atoms.